The van der Waals surface area contributed by atoms with E-state index in [0.29, 0.717) is 4.88 Å². The molecule has 8 heteroatoms. The Morgan fingerprint density at radius 2 is 2.16 bits per heavy atom. The van der Waals surface area contributed by atoms with Gasteiger partial charge in [-0.25, -0.2) is 4.79 Å². The molecule has 3 heterocycles. The Kier molecular flexibility index (Phi) is 2.80. The van der Waals surface area contributed by atoms with E-state index in [1.54, 1.807) is 11.3 Å². The van der Waals surface area contributed by atoms with Crippen LogP contribution in [0.4, 0.5) is 5.82 Å². The number of hydrogen-bond acceptors (Lipinski definition) is 5. The van der Waals surface area contributed by atoms with Crippen molar-refractivity contribution in [1.29, 1.82) is 0 Å². The number of carbonyl (C=O) groups excluding carboxylic acids is 1. The predicted octanol–water partition coefficient (Wildman–Crippen LogP) is 2.64. The van der Waals surface area contributed by atoms with Crippen molar-refractivity contribution in [3.05, 3.63) is 34.2 Å². The first-order valence-electron chi connectivity index (χ1n) is 5.20. The van der Waals surface area contributed by atoms with Crippen LogP contribution in [0, 0.1) is 0 Å². The van der Waals surface area contributed by atoms with Gasteiger partial charge in [0, 0.05) is 15.5 Å². The van der Waals surface area contributed by atoms with Gasteiger partial charge in [0.15, 0.2) is 5.82 Å². The highest BCUT2D eigenvalue weighted by Crippen LogP contribution is 2.30. The van der Waals surface area contributed by atoms with E-state index in [-0.39, 0.29) is 17.4 Å². The highest BCUT2D eigenvalue weighted by molar-refractivity contribution is 7.27. The summed E-state index contributed by atoms with van der Waals surface area (Å²) in [7, 11) is 0. The van der Waals surface area contributed by atoms with E-state index in [0.717, 1.165) is 9.40 Å². The first kappa shape index (κ1) is 11.9. The Hall–Kier alpha value is -2.19. The normalized spacial score (nSPS) is 10.7. The summed E-state index contributed by atoms with van der Waals surface area (Å²) in [4.78, 5) is 23.2. The van der Waals surface area contributed by atoms with Crippen LogP contribution >= 0.6 is 22.7 Å². The van der Waals surface area contributed by atoms with Crippen LogP contribution in [-0.4, -0.2) is 27.2 Å². The molecule has 3 aromatic rings. The van der Waals surface area contributed by atoms with Gasteiger partial charge in [-0.15, -0.1) is 22.7 Å². The number of aromatic amines is 1. The molecule has 0 aliphatic rings. The van der Waals surface area contributed by atoms with Gasteiger partial charge < -0.3 is 10.4 Å². The van der Waals surface area contributed by atoms with Crippen molar-refractivity contribution in [2.24, 2.45) is 0 Å². The number of H-pyrrole nitrogens is 1. The van der Waals surface area contributed by atoms with Crippen LogP contribution in [0.25, 0.3) is 9.40 Å². The Balaban J connectivity index is 1.80. The number of anilines is 1. The maximum Gasteiger partial charge on any atom is 0.353 e. The molecule has 0 spiro atoms. The third kappa shape index (κ3) is 2.23. The number of aromatic nitrogens is 2. The lowest BCUT2D eigenvalue weighted by Gasteiger charge is -1.97. The van der Waals surface area contributed by atoms with Gasteiger partial charge >= 0.3 is 5.97 Å². The summed E-state index contributed by atoms with van der Waals surface area (Å²) in [5, 5.41) is 19.3. The monoisotopic (exact) mass is 293 g/mol. The maximum absolute atomic E-state index is 12.0. The van der Waals surface area contributed by atoms with E-state index in [2.05, 4.69) is 15.5 Å². The molecule has 0 unspecified atom stereocenters. The predicted molar refractivity (Wildman–Crippen MR) is 73.2 cm³/mol. The fourth-order valence-electron chi connectivity index (χ4n) is 1.55. The number of amides is 1. The molecule has 6 nitrogen and oxygen atoms in total. The SMILES string of the molecule is O=C(O)c1cc(NC(=O)c2cc3sccc3s2)n[nH]1. The van der Waals surface area contributed by atoms with Gasteiger partial charge in [-0.3, -0.25) is 9.89 Å². The summed E-state index contributed by atoms with van der Waals surface area (Å²) < 4.78 is 2.12. The summed E-state index contributed by atoms with van der Waals surface area (Å²) in [6, 6.07) is 5.04. The lowest BCUT2D eigenvalue weighted by Crippen LogP contribution is -2.10. The third-order valence-corrected chi connectivity index (χ3v) is 4.51. The van der Waals surface area contributed by atoms with E-state index < -0.39 is 5.97 Å². The minimum atomic E-state index is -1.12. The van der Waals surface area contributed by atoms with Crippen LogP contribution in [0.1, 0.15) is 20.2 Å². The number of nitrogens with one attached hydrogen (secondary N) is 2. The topological polar surface area (TPSA) is 95.1 Å². The minimum Gasteiger partial charge on any atom is -0.477 e. The number of aromatic carboxylic acids is 1. The molecule has 3 aromatic heterocycles. The molecule has 0 atom stereocenters. The highest BCUT2D eigenvalue weighted by atomic mass is 32.1. The lowest BCUT2D eigenvalue weighted by atomic mass is 10.4. The molecular weight excluding hydrogens is 286 g/mol. The van der Waals surface area contributed by atoms with Crippen molar-refractivity contribution in [3.8, 4) is 0 Å². The van der Waals surface area contributed by atoms with Crippen LogP contribution in [-0.2, 0) is 0 Å². The summed E-state index contributed by atoms with van der Waals surface area (Å²) >= 11 is 2.96. The van der Waals surface area contributed by atoms with Gasteiger partial charge in [-0.05, 0) is 17.5 Å². The van der Waals surface area contributed by atoms with Crippen molar-refractivity contribution in [1.82, 2.24) is 10.2 Å². The molecule has 0 aliphatic heterocycles. The number of carboxylic acid groups (broad SMARTS) is 1. The van der Waals surface area contributed by atoms with Crippen molar-refractivity contribution >= 4 is 49.8 Å². The molecule has 0 saturated heterocycles. The van der Waals surface area contributed by atoms with E-state index in [9.17, 15) is 9.59 Å². The Labute approximate surface area is 114 Å². The third-order valence-electron chi connectivity index (χ3n) is 2.41. The van der Waals surface area contributed by atoms with Gasteiger partial charge in [0.1, 0.15) is 5.69 Å². The summed E-state index contributed by atoms with van der Waals surface area (Å²) in [5.41, 5.74) is -0.0672. The second kappa shape index (κ2) is 4.48. The molecule has 0 aromatic carbocycles. The van der Waals surface area contributed by atoms with Crippen LogP contribution in [0.3, 0.4) is 0 Å². The van der Waals surface area contributed by atoms with E-state index >= 15 is 0 Å². The largest absolute Gasteiger partial charge is 0.477 e. The first-order chi connectivity index (χ1) is 9.13. The molecule has 0 radical (unpaired) electrons. The number of rotatable bonds is 3. The quantitative estimate of drug-likeness (QED) is 0.691. The zero-order valence-electron chi connectivity index (χ0n) is 9.34. The van der Waals surface area contributed by atoms with E-state index in [1.165, 1.54) is 17.4 Å². The van der Waals surface area contributed by atoms with Crippen LogP contribution in [0.2, 0.25) is 0 Å². The second-order valence-corrected chi connectivity index (χ2v) is 5.72. The number of carboxylic acids is 1. The van der Waals surface area contributed by atoms with Crippen LogP contribution < -0.4 is 5.32 Å². The van der Waals surface area contributed by atoms with E-state index in [4.69, 9.17) is 5.11 Å². The molecule has 1 amide bonds. The smallest absolute Gasteiger partial charge is 0.353 e. The molecule has 0 saturated carbocycles. The molecule has 19 heavy (non-hydrogen) atoms. The Morgan fingerprint density at radius 1 is 1.32 bits per heavy atom. The first-order valence-corrected chi connectivity index (χ1v) is 6.90. The van der Waals surface area contributed by atoms with Gasteiger partial charge in [0.25, 0.3) is 5.91 Å². The van der Waals surface area contributed by atoms with E-state index in [1.807, 2.05) is 17.5 Å². The van der Waals surface area contributed by atoms with Crippen molar-refractivity contribution in [3.63, 3.8) is 0 Å². The van der Waals surface area contributed by atoms with Gasteiger partial charge in [-0.2, -0.15) is 5.10 Å². The molecular formula is C11H7N3O3S2. The summed E-state index contributed by atoms with van der Waals surface area (Å²) in [6.07, 6.45) is 0. The lowest BCUT2D eigenvalue weighted by molar-refractivity contribution is 0.0690. The fraction of sp³-hybridized carbons (Fsp3) is 0. The molecule has 0 fully saturated rings. The zero-order valence-corrected chi connectivity index (χ0v) is 11.0. The van der Waals surface area contributed by atoms with Gasteiger partial charge in [0.05, 0.1) is 4.88 Å². The van der Waals surface area contributed by atoms with Gasteiger partial charge in [0.2, 0.25) is 0 Å². The number of nitrogens with zero attached hydrogens (tertiary/aromatic N) is 1. The fourth-order valence-corrected chi connectivity index (χ4v) is 3.55. The number of carbonyl (C=O) groups is 2. The Bertz CT molecular complexity index is 742. The van der Waals surface area contributed by atoms with Gasteiger partial charge in [-0.1, -0.05) is 0 Å². The van der Waals surface area contributed by atoms with Crippen molar-refractivity contribution in [2.45, 2.75) is 0 Å². The van der Waals surface area contributed by atoms with Crippen LogP contribution in [0.15, 0.2) is 23.6 Å². The number of hydrogen-bond donors (Lipinski definition) is 3. The molecule has 3 rings (SSSR count). The average Bonchev–Trinajstić information content (AvgIpc) is 3.02. The van der Waals surface area contributed by atoms with Crippen LogP contribution in [0.5, 0.6) is 0 Å². The summed E-state index contributed by atoms with van der Waals surface area (Å²) in [6.45, 7) is 0. The second-order valence-electron chi connectivity index (χ2n) is 3.69. The Morgan fingerprint density at radius 3 is 2.84 bits per heavy atom. The van der Waals surface area contributed by atoms with Crippen molar-refractivity contribution in [2.75, 3.05) is 5.32 Å². The highest BCUT2D eigenvalue weighted by Gasteiger charge is 2.14. The minimum absolute atomic E-state index is 0.0672. The number of thiophene rings is 2. The molecule has 0 aliphatic carbocycles. The molecule has 0 bridgehead atoms. The summed E-state index contributed by atoms with van der Waals surface area (Å²) in [5.74, 6) is -1.22. The average molecular weight is 293 g/mol. The maximum atomic E-state index is 12.0. The zero-order chi connectivity index (χ0) is 13.4. The molecule has 96 valence electrons. The standard InChI is InChI=1S/C11H7N3O3S2/c15-10(8-4-7-6(19-8)1-2-18-7)12-9-3-5(11(16)17)13-14-9/h1-4H,(H,16,17)(H2,12,13,14,15). The number of fused-ring (bicyclic) bond motifs is 1. The van der Waals surface area contributed by atoms with Crippen molar-refractivity contribution < 1.29 is 14.7 Å². The molecule has 3 N–H and O–H groups in total.